The topological polar surface area (TPSA) is 71.6 Å². The number of aromatic amines is 1. The lowest BCUT2D eigenvalue weighted by Crippen LogP contribution is -2.45. The summed E-state index contributed by atoms with van der Waals surface area (Å²) in [6.07, 6.45) is 6.27. The van der Waals surface area contributed by atoms with Gasteiger partial charge >= 0.3 is 0 Å². The summed E-state index contributed by atoms with van der Waals surface area (Å²) in [5, 5.41) is 14.4. The van der Waals surface area contributed by atoms with E-state index in [0.717, 1.165) is 56.6 Å². The zero-order chi connectivity index (χ0) is 24.6. The number of nitrogens with zero attached hydrogens (tertiary/aromatic N) is 2. The molecule has 186 valence electrons. The van der Waals surface area contributed by atoms with E-state index < -0.39 is 5.41 Å². The van der Waals surface area contributed by atoms with Gasteiger partial charge in [0.15, 0.2) is 0 Å². The molecular weight excluding hydrogens is 448 g/mol. The standard InChI is InChI=1S/C30H34N4O2/c1-3-18-16-34-17-30(24-9-8-21(35)14-26(24)32-29(30)36)15-20(34)12-19(18)13-27-28-23(10-11-33(27)2)22-6-4-5-7-25(22)31-28/h3-9,14,18-20,27,31,35H,1,10-13,15-17H2,2H3,(H,32,36)/t18-,19+,20-,27-,30-/m0/s1. The number of likely N-dealkylation sites (N-methyl/N-ethyl adjacent to an activating group) is 1. The van der Waals surface area contributed by atoms with Crippen molar-refractivity contribution in [1.29, 1.82) is 0 Å². The normalized spacial score (nSPS) is 31.9. The number of H-pyrrole nitrogens is 1. The van der Waals surface area contributed by atoms with Crippen LogP contribution in [0.2, 0.25) is 0 Å². The number of piperidine rings is 1. The number of carbonyl (C=O) groups is 1. The maximum atomic E-state index is 13.3. The Morgan fingerprint density at radius 1 is 1.25 bits per heavy atom. The highest BCUT2D eigenvalue weighted by molar-refractivity contribution is 6.07. The van der Waals surface area contributed by atoms with Gasteiger partial charge in [-0.1, -0.05) is 30.3 Å². The van der Waals surface area contributed by atoms with Gasteiger partial charge in [-0.3, -0.25) is 14.6 Å². The Balaban J connectivity index is 1.18. The van der Waals surface area contributed by atoms with Gasteiger partial charge in [0.05, 0.1) is 11.5 Å². The molecule has 36 heavy (non-hydrogen) atoms. The minimum atomic E-state index is -0.514. The van der Waals surface area contributed by atoms with Gasteiger partial charge < -0.3 is 15.4 Å². The molecule has 3 N–H and O–H groups in total. The first-order chi connectivity index (χ1) is 17.5. The third-order valence-corrected chi connectivity index (χ3v) is 9.66. The third kappa shape index (κ3) is 3.14. The zero-order valence-electron chi connectivity index (χ0n) is 20.8. The molecule has 6 nitrogen and oxygen atoms in total. The highest BCUT2D eigenvalue weighted by Crippen LogP contribution is 2.51. The predicted octanol–water partition coefficient (Wildman–Crippen LogP) is 4.58. The van der Waals surface area contributed by atoms with Gasteiger partial charge in [-0.2, -0.15) is 0 Å². The van der Waals surface area contributed by atoms with Gasteiger partial charge in [-0.05, 0) is 67.8 Å². The molecule has 1 aromatic heterocycles. The van der Waals surface area contributed by atoms with Crippen molar-refractivity contribution in [1.82, 2.24) is 14.8 Å². The molecular formula is C30H34N4O2. The second kappa shape index (κ2) is 7.95. The highest BCUT2D eigenvalue weighted by atomic mass is 16.3. The number of para-hydroxylation sites is 1. The number of nitrogens with one attached hydrogen (secondary N) is 2. The number of hydrogen-bond acceptors (Lipinski definition) is 4. The fourth-order valence-corrected chi connectivity index (χ4v) is 7.80. The van der Waals surface area contributed by atoms with E-state index in [1.165, 1.54) is 22.2 Å². The van der Waals surface area contributed by atoms with Crippen LogP contribution in [0.1, 0.15) is 42.1 Å². The number of amides is 1. The van der Waals surface area contributed by atoms with E-state index in [1.807, 2.05) is 6.07 Å². The summed E-state index contributed by atoms with van der Waals surface area (Å²) in [5.74, 6) is 1.20. The SMILES string of the molecule is C=C[C@H]1CN2C[C@]3(C[C@@H]2C[C@@H]1C[C@H]1c2[nH]c4ccccc4c2CCN1C)C(=O)Nc1cc(O)ccc13. The molecule has 0 radical (unpaired) electrons. The Bertz CT molecular complexity index is 1380. The van der Waals surface area contributed by atoms with E-state index in [9.17, 15) is 9.90 Å². The average Bonchev–Trinajstić information content (AvgIpc) is 3.51. The molecule has 3 aromatic rings. The fourth-order valence-electron chi connectivity index (χ4n) is 7.80. The van der Waals surface area contributed by atoms with Crippen LogP contribution in [0.25, 0.3) is 10.9 Å². The van der Waals surface area contributed by atoms with Crippen LogP contribution in [-0.2, 0) is 16.6 Å². The number of fused-ring (bicyclic) bond motifs is 6. The minimum absolute atomic E-state index is 0.0823. The predicted molar refractivity (Wildman–Crippen MR) is 142 cm³/mol. The first-order valence-electron chi connectivity index (χ1n) is 13.3. The van der Waals surface area contributed by atoms with Gasteiger partial charge in [-0.15, -0.1) is 6.58 Å². The summed E-state index contributed by atoms with van der Waals surface area (Å²) in [4.78, 5) is 22.1. The molecule has 1 amide bonds. The molecule has 0 aliphatic carbocycles. The van der Waals surface area contributed by atoms with Crippen LogP contribution >= 0.6 is 0 Å². The summed E-state index contributed by atoms with van der Waals surface area (Å²) < 4.78 is 0. The Labute approximate surface area is 212 Å². The van der Waals surface area contributed by atoms with Gasteiger partial charge in [-0.25, -0.2) is 0 Å². The summed E-state index contributed by atoms with van der Waals surface area (Å²) in [5.41, 5.74) is 5.42. The van der Waals surface area contributed by atoms with Crippen LogP contribution < -0.4 is 5.32 Å². The lowest BCUT2D eigenvalue weighted by atomic mass is 9.75. The number of carbonyl (C=O) groups excluding carboxylic acids is 1. The maximum absolute atomic E-state index is 13.3. The Morgan fingerprint density at radius 3 is 2.97 bits per heavy atom. The van der Waals surface area contributed by atoms with E-state index in [2.05, 4.69) is 64.1 Å². The lowest BCUT2D eigenvalue weighted by Gasteiger charge is -2.43. The average molecular weight is 483 g/mol. The monoisotopic (exact) mass is 482 g/mol. The number of aromatic nitrogens is 1. The number of hydrogen-bond donors (Lipinski definition) is 3. The van der Waals surface area contributed by atoms with Crippen molar-refractivity contribution in [2.45, 2.75) is 43.2 Å². The van der Waals surface area contributed by atoms with Crippen molar-refractivity contribution in [3.63, 3.8) is 0 Å². The molecule has 2 aromatic carbocycles. The lowest BCUT2D eigenvalue weighted by molar-refractivity contribution is -0.120. The number of aromatic hydroxyl groups is 1. The molecule has 2 fully saturated rings. The molecule has 0 unspecified atom stereocenters. The molecule has 4 aliphatic rings. The number of phenols is 1. The molecule has 7 rings (SSSR count). The zero-order valence-corrected chi connectivity index (χ0v) is 20.8. The van der Waals surface area contributed by atoms with E-state index in [0.29, 0.717) is 23.9 Å². The summed E-state index contributed by atoms with van der Waals surface area (Å²) in [7, 11) is 2.26. The maximum Gasteiger partial charge on any atom is 0.236 e. The van der Waals surface area contributed by atoms with Gasteiger partial charge in [0.2, 0.25) is 5.91 Å². The van der Waals surface area contributed by atoms with Crippen LogP contribution in [0.3, 0.4) is 0 Å². The highest BCUT2D eigenvalue weighted by Gasteiger charge is 2.56. The Morgan fingerprint density at radius 2 is 2.11 bits per heavy atom. The molecule has 5 atom stereocenters. The number of rotatable bonds is 3. The van der Waals surface area contributed by atoms with Gasteiger partial charge in [0.25, 0.3) is 0 Å². The summed E-state index contributed by atoms with van der Waals surface area (Å²) >= 11 is 0. The second-order valence-corrected chi connectivity index (χ2v) is 11.5. The van der Waals surface area contributed by atoms with Crippen molar-refractivity contribution >= 4 is 22.5 Å². The van der Waals surface area contributed by atoms with Crippen LogP contribution in [0, 0.1) is 11.8 Å². The van der Waals surface area contributed by atoms with Crippen molar-refractivity contribution in [3.8, 4) is 5.75 Å². The van der Waals surface area contributed by atoms with E-state index in [4.69, 9.17) is 0 Å². The molecule has 1 spiro atoms. The molecule has 0 saturated carbocycles. The van der Waals surface area contributed by atoms with Crippen molar-refractivity contribution in [2.75, 3.05) is 32.0 Å². The number of anilines is 1. The molecule has 6 heteroatoms. The first kappa shape index (κ1) is 22.1. The van der Waals surface area contributed by atoms with E-state index in [1.54, 1.807) is 12.1 Å². The molecule has 4 aliphatic heterocycles. The number of benzene rings is 2. The fraction of sp³-hybridized carbons (Fsp3) is 0.433. The van der Waals surface area contributed by atoms with Crippen molar-refractivity contribution in [2.24, 2.45) is 11.8 Å². The van der Waals surface area contributed by atoms with Crippen LogP contribution in [0.4, 0.5) is 5.69 Å². The largest absolute Gasteiger partial charge is 0.508 e. The Hall–Kier alpha value is -3.09. The van der Waals surface area contributed by atoms with Crippen LogP contribution in [0.5, 0.6) is 5.75 Å². The quantitative estimate of drug-likeness (QED) is 0.478. The number of phenolic OH excluding ortho intramolecular Hbond substituents is 1. The summed E-state index contributed by atoms with van der Waals surface area (Å²) in [6, 6.07) is 14.8. The summed E-state index contributed by atoms with van der Waals surface area (Å²) in [6.45, 7) is 7.01. The van der Waals surface area contributed by atoms with Gasteiger partial charge in [0.1, 0.15) is 5.75 Å². The second-order valence-electron chi connectivity index (χ2n) is 11.5. The first-order valence-corrected chi connectivity index (χ1v) is 13.3. The van der Waals surface area contributed by atoms with Crippen LogP contribution in [-0.4, -0.2) is 58.5 Å². The van der Waals surface area contributed by atoms with Gasteiger partial charge in [0, 0.05) is 54.0 Å². The third-order valence-electron chi connectivity index (χ3n) is 9.66. The smallest absolute Gasteiger partial charge is 0.236 e. The van der Waals surface area contributed by atoms with Crippen molar-refractivity contribution in [3.05, 3.63) is 71.9 Å². The van der Waals surface area contributed by atoms with Crippen molar-refractivity contribution < 1.29 is 9.90 Å². The molecule has 2 saturated heterocycles. The molecule has 5 heterocycles. The van der Waals surface area contributed by atoms with E-state index >= 15 is 0 Å². The van der Waals surface area contributed by atoms with E-state index in [-0.39, 0.29) is 11.7 Å². The minimum Gasteiger partial charge on any atom is -0.508 e. The molecule has 0 bridgehead atoms. The van der Waals surface area contributed by atoms with Crippen LogP contribution in [0.15, 0.2) is 55.1 Å². The Kier molecular flexibility index (Phi) is 4.89.